The van der Waals surface area contributed by atoms with Gasteiger partial charge >= 0.3 is 0 Å². The zero-order valence-electron chi connectivity index (χ0n) is 13.3. The summed E-state index contributed by atoms with van der Waals surface area (Å²) in [7, 11) is 0. The van der Waals surface area contributed by atoms with Crippen molar-refractivity contribution in [3.8, 4) is 0 Å². The van der Waals surface area contributed by atoms with E-state index in [0.717, 1.165) is 12.1 Å². The largest absolute Gasteiger partial charge is 0.353 e. The van der Waals surface area contributed by atoms with Crippen LogP contribution in [-0.2, 0) is 4.79 Å². The monoisotopic (exact) mass is 349 g/mol. The predicted molar refractivity (Wildman–Crippen MR) is 86.4 cm³/mol. The summed E-state index contributed by atoms with van der Waals surface area (Å²) in [5.74, 6) is -3.09. The Hall–Kier alpha value is -1.73. The Labute approximate surface area is 140 Å². The van der Waals surface area contributed by atoms with Crippen LogP contribution in [0.4, 0.5) is 8.78 Å². The minimum absolute atomic E-state index is 0. The van der Waals surface area contributed by atoms with Gasteiger partial charge in [-0.05, 0) is 17.5 Å². The molecule has 0 unspecified atom stereocenters. The Kier molecular flexibility index (Phi) is 8.12. The van der Waals surface area contributed by atoms with Gasteiger partial charge in [-0.3, -0.25) is 9.59 Å². The molecule has 1 atom stereocenters. The van der Waals surface area contributed by atoms with Crippen molar-refractivity contribution in [1.29, 1.82) is 0 Å². The van der Waals surface area contributed by atoms with Crippen LogP contribution in [0, 0.1) is 17.0 Å². The number of rotatable bonds is 5. The van der Waals surface area contributed by atoms with Crippen LogP contribution in [0.15, 0.2) is 18.2 Å². The van der Waals surface area contributed by atoms with E-state index in [1.807, 2.05) is 20.8 Å². The van der Waals surface area contributed by atoms with Crippen molar-refractivity contribution in [2.24, 2.45) is 11.1 Å². The topological polar surface area (TPSA) is 84.2 Å². The molecule has 0 saturated heterocycles. The van der Waals surface area contributed by atoms with Crippen molar-refractivity contribution in [2.45, 2.75) is 26.8 Å². The summed E-state index contributed by atoms with van der Waals surface area (Å²) < 4.78 is 26.8. The summed E-state index contributed by atoms with van der Waals surface area (Å²) in [5.41, 5.74) is 4.74. The highest BCUT2D eigenvalue weighted by molar-refractivity contribution is 5.94. The van der Waals surface area contributed by atoms with E-state index in [9.17, 15) is 18.4 Å². The maximum atomic E-state index is 13.4. The van der Waals surface area contributed by atoms with Crippen molar-refractivity contribution in [3.63, 3.8) is 0 Å². The second kappa shape index (κ2) is 8.79. The fourth-order valence-electron chi connectivity index (χ4n) is 1.67. The van der Waals surface area contributed by atoms with Gasteiger partial charge in [-0.1, -0.05) is 26.8 Å². The number of amides is 2. The predicted octanol–water partition coefficient (Wildman–Crippen LogP) is 1.61. The highest BCUT2D eigenvalue weighted by Gasteiger charge is 2.27. The second-order valence-electron chi connectivity index (χ2n) is 5.99. The molecule has 0 saturated carbocycles. The summed E-state index contributed by atoms with van der Waals surface area (Å²) in [5, 5.41) is 4.90. The minimum atomic E-state index is -0.934. The zero-order chi connectivity index (χ0) is 16.9. The van der Waals surface area contributed by atoms with Crippen molar-refractivity contribution in [1.82, 2.24) is 10.6 Å². The van der Waals surface area contributed by atoms with Crippen LogP contribution in [-0.4, -0.2) is 30.9 Å². The Bertz CT molecular complexity index is 542. The normalized spacial score (nSPS) is 12.1. The molecule has 4 N–H and O–H groups in total. The lowest BCUT2D eigenvalue weighted by Gasteiger charge is -2.25. The van der Waals surface area contributed by atoms with E-state index in [1.54, 1.807) is 0 Å². The van der Waals surface area contributed by atoms with Gasteiger partial charge < -0.3 is 16.4 Å². The van der Waals surface area contributed by atoms with Gasteiger partial charge in [0.2, 0.25) is 5.91 Å². The highest BCUT2D eigenvalue weighted by atomic mass is 35.5. The molecule has 5 nitrogen and oxygen atoms in total. The average molecular weight is 350 g/mol. The maximum absolute atomic E-state index is 13.4. The number of nitrogens with one attached hydrogen (secondary N) is 2. The summed E-state index contributed by atoms with van der Waals surface area (Å²) in [6.07, 6.45) is 0. The van der Waals surface area contributed by atoms with E-state index >= 15 is 0 Å². The van der Waals surface area contributed by atoms with Gasteiger partial charge in [0.1, 0.15) is 17.2 Å². The van der Waals surface area contributed by atoms with Gasteiger partial charge in [0.05, 0.1) is 6.04 Å². The van der Waals surface area contributed by atoms with Crippen LogP contribution < -0.4 is 16.4 Å². The Morgan fingerprint density at radius 2 is 1.61 bits per heavy atom. The third-order valence-electron chi connectivity index (χ3n) is 3.12. The summed E-state index contributed by atoms with van der Waals surface area (Å²) in [6, 6.07) is 2.49. The Morgan fingerprint density at radius 1 is 1.13 bits per heavy atom. The van der Waals surface area contributed by atoms with Gasteiger partial charge in [0, 0.05) is 13.1 Å². The molecule has 1 aromatic rings. The molecule has 130 valence electrons. The van der Waals surface area contributed by atoms with Crippen molar-refractivity contribution >= 4 is 24.2 Å². The van der Waals surface area contributed by atoms with E-state index in [-0.39, 0.29) is 36.8 Å². The second-order valence-corrected chi connectivity index (χ2v) is 5.99. The molecule has 2 amide bonds. The number of benzene rings is 1. The lowest BCUT2D eigenvalue weighted by atomic mass is 9.87. The highest BCUT2D eigenvalue weighted by Crippen LogP contribution is 2.17. The van der Waals surface area contributed by atoms with Gasteiger partial charge in [-0.2, -0.15) is 0 Å². The van der Waals surface area contributed by atoms with Gasteiger partial charge in [-0.25, -0.2) is 8.78 Å². The number of halogens is 3. The first-order chi connectivity index (χ1) is 10.1. The first-order valence-electron chi connectivity index (χ1n) is 6.90. The third-order valence-corrected chi connectivity index (χ3v) is 3.12. The van der Waals surface area contributed by atoms with Crippen molar-refractivity contribution in [2.75, 3.05) is 13.1 Å². The lowest BCUT2D eigenvalue weighted by molar-refractivity contribution is -0.124. The smallest absolute Gasteiger partial charge is 0.257 e. The standard InChI is InChI=1S/C15H21F2N3O2.ClH/c1-15(2,3)12(18)14(22)20-8-7-19-13(21)11-9(16)5-4-6-10(11)17;/h4-6,12H,7-8,18H2,1-3H3,(H,19,21)(H,20,22);1H/t12-;/m1./s1. The molecule has 0 aliphatic carbocycles. The molecule has 0 heterocycles. The Morgan fingerprint density at radius 3 is 2.09 bits per heavy atom. The Balaban J connectivity index is 0.00000484. The summed E-state index contributed by atoms with van der Waals surface area (Å²) in [6.45, 7) is 5.65. The van der Waals surface area contributed by atoms with Crippen molar-refractivity contribution < 1.29 is 18.4 Å². The first-order valence-corrected chi connectivity index (χ1v) is 6.90. The molecule has 0 spiro atoms. The molecule has 1 aromatic carbocycles. The molecule has 0 fully saturated rings. The van der Waals surface area contributed by atoms with Gasteiger partial charge in [0.25, 0.3) is 5.91 Å². The first kappa shape index (κ1) is 21.3. The van der Waals surface area contributed by atoms with E-state index in [2.05, 4.69) is 10.6 Å². The maximum Gasteiger partial charge on any atom is 0.257 e. The molecule has 0 aliphatic heterocycles. The van der Waals surface area contributed by atoms with E-state index < -0.39 is 29.1 Å². The van der Waals surface area contributed by atoms with Crippen molar-refractivity contribution in [3.05, 3.63) is 35.4 Å². The van der Waals surface area contributed by atoms with E-state index in [0.29, 0.717) is 0 Å². The quantitative estimate of drug-likeness (QED) is 0.706. The van der Waals surface area contributed by atoms with Crippen LogP contribution in [0.1, 0.15) is 31.1 Å². The molecule has 1 rings (SSSR count). The van der Waals surface area contributed by atoms with Gasteiger partial charge in [-0.15, -0.1) is 12.4 Å². The fourth-order valence-corrected chi connectivity index (χ4v) is 1.67. The summed E-state index contributed by atoms with van der Waals surface area (Å²) in [4.78, 5) is 23.4. The van der Waals surface area contributed by atoms with E-state index in [1.165, 1.54) is 6.07 Å². The molecular formula is C15H22ClF2N3O2. The third kappa shape index (κ3) is 6.11. The van der Waals surface area contributed by atoms with Crippen LogP contribution in [0.25, 0.3) is 0 Å². The minimum Gasteiger partial charge on any atom is -0.353 e. The van der Waals surface area contributed by atoms with Crippen LogP contribution in [0.3, 0.4) is 0 Å². The lowest BCUT2D eigenvalue weighted by Crippen LogP contribution is -2.50. The van der Waals surface area contributed by atoms with Gasteiger partial charge in [0.15, 0.2) is 0 Å². The molecule has 23 heavy (non-hydrogen) atoms. The number of hydrogen-bond acceptors (Lipinski definition) is 3. The average Bonchev–Trinajstić information content (AvgIpc) is 2.41. The van der Waals surface area contributed by atoms with Crippen LogP contribution in [0.2, 0.25) is 0 Å². The molecule has 0 aliphatic rings. The molecule has 0 aromatic heterocycles. The molecule has 0 radical (unpaired) electrons. The van der Waals surface area contributed by atoms with Crippen LogP contribution >= 0.6 is 12.4 Å². The fraction of sp³-hybridized carbons (Fsp3) is 0.467. The summed E-state index contributed by atoms with van der Waals surface area (Å²) >= 11 is 0. The number of carbonyl (C=O) groups is 2. The van der Waals surface area contributed by atoms with Crippen LogP contribution in [0.5, 0.6) is 0 Å². The zero-order valence-corrected chi connectivity index (χ0v) is 14.1. The number of carbonyl (C=O) groups excluding carboxylic acids is 2. The number of nitrogens with two attached hydrogens (primary N) is 1. The molecular weight excluding hydrogens is 328 g/mol. The van der Waals surface area contributed by atoms with E-state index in [4.69, 9.17) is 5.73 Å². The SMILES string of the molecule is CC(C)(C)[C@H](N)C(=O)NCCNC(=O)c1c(F)cccc1F.Cl. The molecule has 8 heteroatoms. The number of hydrogen-bond donors (Lipinski definition) is 3. The molecule has 0 bridgehead atoms.